The van der Waals surface area contributed by atoms with Crippen LogP contribution in [0.1, 0.15) is 73.4 Å². The van der Waals surface area contributed by atoms with Gasteiger partial charge in [0.1, 0.15) is 0 Å². The number of fused-ring (bicyclic) bond motifs is 1. The van der Waals surface area contributed by atoms with Crippen molar-refractivity contribution in [2.24, 2.45) is 5.41 Å². The van der Waals surface area contributed by atoms with Crippen molar-refractivity contribution in [2.45, 2.75) is 73.6 Å². The zero-order valence-corrected chi connectivity index (χ0v) is 13.3. The fourth-order valence-corrected chi connectivity index (χ4v) is 1.51. The lowest BCUT2D eigenvalue weighted by atomic mass is 10.0. The first-order valence-electron chi connectivity index (χ1n) is 7.45. The lowest BCUT2D eigenvalue weighted by molar-refractivity contribution is 0.469. The molecule has 0 unspecified atom stereocenters. The third-order valence-corrected chi connectivity index (χ3v) is 2.51. The fraction of sp³-hybridized carbons (Fsp3) is 0.667. The second-order valence-electron chi connectivity index (χ2n) is 6.62. The van der Waals surface area contributed by atoms with Crippen LogP contribution in [-0.4, -0.2) is 0 Å². The second kappa shape index (κ2) is 9.19. The molecule has 0 radical (unpaired) electrons. The SMILES string of the molecule is CC(C)(C)C.CCCC.[2HH].c1ccc2c(c1)CCC2. The summed E-state index contributed by atoms with van der Waals surface area (Å²) in [5.41, 5.74) is 3.63. The molecule has 18 heavy (non-hydrogen) atoms. The quantitative estimate of drug-likeness (QED) is 0.551. The van der Waals surface area contributed by atoms with Crippen molar-refractivity contribution < 1.29 is 1.43 Å². The van der Waals surface area contributed by atoms with Gasteiger partial charge in [0.15, 0.2) is 0 Å². The van der Waals surface area contributed by atoms with E-state index in [0.717, 1.165) is 0 Å². The Labute approximate surface area is 116 Å². The van der Waals surface area contributed by atoms with Gasteiger partial charge in [-0.2, -0.15) is 0 Å². The molecule has 0 aromatic heterocycles. The van der Waals surface area contributed by atoms with Gasteiger partial charge in [-0.25, -0.2) is 0 Å². The van der Waals surface area contributed by atoms with Crippen LogP contribution in [0.2, 0.25) is 0 Å². The summed E-state index contributed by atoms with van der Waals surface area (Å²) in [7, 11) is 0. The minimum Gasteiger partial charge on any atom is -0.0654 e. The van der Waals surface area contributed by atoms with Crippen LogP contribution in [0.25, 0.3) is 0 Å². The van der Waals surface area contributed by atoms with E-state index in [-0.39, 0.29) is 1.43 Å². The van der Waals surface area contributed by atoms with Crippen molar-refractivity contribution >= 4 is 0 Å². The summed E-state index contributed by atoms with van der Waals surface area (Å²) in [6.07, 6.45) is 6.60. The first-order valence-corrected chi connectivity index (χ1v) is 7.45. The number of hydrogen-bond acceptors (Lipinski definition) is 0. The van der Waals surface area contributed by atoms with Crippen LogP contribution >= 0.6 is 0 Å². The molecular formula is C18H34. The molecule has 0 heterocycles. The van der Waals surface area contributed by atoms with Crippen molar-refractivity contribution in [2.75, 3.05) is 0 Å². The van der Waals surface area contributed by atoms with E-state index >= 15 is 0 Å². The van der Waals surface area contributed by atoms with Gasteiger partial charge in [-0.1, -0.05) is 78.6 Å². The zero-order valence-electron chi connectivity index (χ0n) is 13.3. The maximum atomic E-state index is 2.24. The predicted molar refractivity (Wildman–Crippen MR) is 86.3 cm³/mol. The third-order valence-electron chi connectivity index (χ3n) is 2.51. The minimum atomic E-state index is 0. The Morgan fingerprint density at radius 3 is 1.50 bits per heavy atom. The highest BCUT2D eigenvalue weighted by atomic mass is 14.1. The molecule has 0 bridgehead atoms. The molecule has 0 atom stereocenters. The molecule has 0 saturated carbocycles. The number of hydrogen-bond donors (Lipinski definition) is 0. The fourth-order valence-electron chi connectivity index (χ4n) is 1.51. The van der Waals surface area contributed by atoms with E-state index in [2.05, 4.69) is 65.8 Å². The molecule has 0 nitrogen and oxygen atoms in total. The van der Waals surface area contributed by atoms with Crippen LogP contribution in [0.15, 0.2) is 24.3 Å². The average Bonchev–Trinajstić information content (AvgIpc) is 2.75. The molecule has 1 aromatic rings. The Hall–Kier alpha value is -0.780. The summed E-state index contributed by atoms with van der Waals surface area (Å²) >= 11 is 0. The summed E-state index contributed by atoms with van der Waals surface area (Å²) in [5.74, 6) is 0. The molecule has 0 fully saturated rings. The average molecular weight is 251 g/mol. The molecule has 0 saturated heterocycles. The topological polar surface area (TPSA) is 0 Å². The lowest BCUT2D eigenvalue weighted by Crippen LogP contribution is -1.93. The van der Waals surface area contributed by atoms with Gasteiger partial charge >= 0.3 is 0 Å². The van der Waals surface area contributed by atoms with Crippen LogP contribution in [0.5, 0.6) is 0 Å². The maximum absolute atomic E-state index is 2.24. The molecule has 1 aliphatic rings. The van der Waals surface area contributed by atoms with E-state index in [1.165, 1.54) is 32.1 Å². The molecule has 0 N–H and O–H groups in total. The molecule has 106 valence electrons. The monoisotopic (exact) mass is 251 g/mol. The highest BCUT2D eigenvalue weighted by Crippen LogP contribution is 2.20. The molecule has 0 amide bonds. The standard InChI is InChI=1S/C9H10.C5H12.C4H10.H2/c1-2-5-9-7-3-6-8(9)4-1;1-5(2,3)4;1-3-4-2;/h1-2,4-5H,3,6-7H2;1-4H3;3-4H2,1-2H3;1H/i;;;1+1. The molecular weight excluding hydrogens is 216 g/mol. The molecule has 0 aliphatic heterocycles. The van der Waals surface area contributed by atoms with Gasteiger partial charge in [0.2, 0.25) is 0 Å². The van der Waals surface area contributed by atoms with Gasteiger partial charge in [0, 0.05) is 1.43 Å². The number of unbranched alkanes of at least 4 members (excludes halogenated alkanes) is 1. The Morgan fingerprint density at radius 2 is 1.22 bits per heavy atom. The van der Waals surface area contributed by atoms with E-state index in [1.807, 2.05) is 0 Å². The normalized spacial score (nSPS) is 12.8. The van der Waals surface area contributed by atoms with E-state index in [4.69, 9.17) is 0 Å². The predicted octanol–water partition coefficient (Wildman–Crippen LogP) is 6.28. The molecule has 1 aliphatic carbocycles. The molecule has 0 spiro atoms. The smallest absolute Gasteiger partial charge is 0 e. The van der Waals surface area contributed by atoms with Crippen molar-refractivity contribution in [3.8, 4) is 0 Å². The van der Waals surface area contributed by atoms with Crippen molar-refractivity contribution in [1.29, 1.82) is 0 Å². The van der Waals surface area contributed by atoms with Crippen molar-refractivity contribution in [3.63, 3.8) is 0 Å². The Bertz CT molecular complexity index is 279. The number of benzene rings is 1. The minimum absolute atomic E-state index is 0. The summed E-state index contributed by atoms with van der Waals surface area (Å²) in [5, 5.41) is 0. The summed E-state index contributed by atoms with van der Waals surface area (Å²) < 4.78 is 0. The first kappa shape index (κ1) is 17.2. The Kier molecular flexibility index (Phi) is 8.79. The van der Waals surface area contributed by atoms with E-state index in [9.17, 15) is 0 Å². The van der Waals surface area contributed by atoms with E-state index in [0.29, 0.717) is 5.41 Å². The van der Waals surface area contributed by atoms with Gasteiger partial charge < -0.3 is 0 Å². The van der Waals surface area contributed by atoms with Crippen LogP contribution < -0.4 is 0 Å². The van der Waals surface area contributed by atoms with Gasteiger partial charge in [0.25, 0.3) is 0 Å². The summed E-state index contributed by atoms with van der Waals surface area (Å²) in [6.45, 7) is 13.1. The molecule has 0 heteroatoms. The van der Waals surface area contributed by atoms with Gasteiger partial charge in [-0.15, -0.1) is 0 Å². The zero-order chi connectivity index (χ0) is 14.0. The van der Waals surface area contributed by atoms with Crippen LogP contribution in [0, 0.1) is 5.41 Å². The maximum Gasteiger partial charge on any atom is 0 e. The largest absolute Gasteiger partial charge is 0.0654 e. The van der Waals surface area contributed by atoms with Crippen LogP contribution in [0.4, 0.5) is 0 Å². The highest BCUT2D eigenvalue weighted by molar-refractivity contribution is 5.30. The summed E-state index contributed by atoms with van der Waals surface area (Å²) in [4.78, 5) is 0. The van der Waals surface area contributed by atoms with Gasteiger partial charge in [0.05, 0.1) is 0 Å². The van der Waals surface area contributed by atoms with E-state index in [1.54, 1.807) is 11.1 Å². The summed E-state index contributed by atoms with van der Waals surface area (Å²) in [6, 6.07) is 8.74. The second-order valence-corrected chi connectivity index (χ2v) is 6.62. The van der Waals surface area contributed by atoms with Gasteiger partial charge in [-0.3, -0.25) is 0 Å². The Balaban J connectivity index is 0. The first-order chi connectivity index (χ1) is 8.38. The van der Waals surface area contributed by atoms with Crippen LogP contribution in [0.3, 0.4) is 0 Å². The van der Waals surface area contributed by atoms with Gasteiger partial charge in [-0.05, 0) is 35.8 Å². The third kappa shape index (κ3) is 10.4. The van der Waals surface area contributed by atoms with Crippen molar-refractivity contribution in [1.82, 2.24) is 0 Å². The molecule has 1 aromatic carbocycles. The number of aryl methyl sites for hydroxylation is 2. The highest BCUT2D eigenvalue weighted by Gasteiger charge is 2.07. The van der Waals surface area contributed by atoms with E-state index < -0.39 is 0 Å². The van der Waals surface area contributed by atoms with Crippen LogP contribution in [-0.2, 0) is 12.8 Å². The van der Waals surface area contributed by atoms with Crippen molar-refractivity contribution in [3.05, 3.63) is 35.4 Å². The Morgan fingerprint density at radius 1 is 0.889 bits per heavy atom. The number of rotatable bonds is 1. The molecule has 2 rings (SSSR count). The lowest BCUT2D eigenvalue weighted by Gasteiger charge is -2.05.